The molecule has 5 fully saturated rings. The minimum atomic E-state index is -0.462. The van der Waals surface area contributed by atoms with Crippen molar-refractivity contribution in [3.05, 3.63) is 60.1 Å². The number of amides is 2. The first-order valence-corrected chi connectivity index (χ1v) is 19.1. The molecule has 1 aliphatic carbocycles. The Bertz CT molecular complexity index is 1390. The van der Waals surface area contributed by atoms with Crippen molar-refractivity contribution in [3.63, 3.8) is 0 Å². The van der Waals surface area contributed by atoms with Crippen molar-refractivity contribution < 1.29 is 19.4 Å². The summed E-state index contributed by atoms with van der Waals surface area (Å²) in [5.74, 6) is 0.659. The van der Waals surface area contributed by atoms with Gasteiger partial charge in [-0.3, -0.25) is 4.79 Å². The summed E-state index contributed by atoms with van der Waals surface area (Å²) in [5.41, 5.74) is 20.1. The third kappa shape index (κ3) is 9.53. The molecule has 2 unspecified atom stereocenters. The Kier molecular flexibility index (Phi) is 13.4. The highest BCUT2D eigenvalue weighted by molar-refractivity contribution is 5.80. The summed E-state index contributed by atoms with van der Waals surface area (Å²) in [4.78, 5) is 35.2. The minimum Gasteiger partial charge on any atom is -0.507 e. The summed E-state index contributed by atoms with van der Waals surface area (Å²) in [5, 5.41) is 10.3. The van der Waals surface area contributed by atoms with Crippen LogP contribution in [-0.2, 0) is 9.53 Å². The van der Waals surface area contributed by atoms with Crippen LogP contribution in [0.1, 0.15) is 98.5 Å². The van der Waals surface area contributed by atoms with E-state index in [0.29, 0.717) is 47.4 Å². The van der Waals surface area contributed by atoms with Gasteiger partial charge in [-0.15, -0.1) is 6.58 Å². The molecule has 11 nitrogen and oxygen atoms in total. The standard InChI is InChI=1S/C35H53N7O4.C3H6.C2H6/c1-34(2,3)46-33(45)40-16-12-35(13-17-40)19-26(20-35)39-14-10-23(11-15-39)32(44)42-24-8-9-25(42)22-41(21-24)29(31(37)38)18-28(36)27-6-4-5-7-30(27)43;1-3-2;1-2/h4-7,18,23-26,43H,8-17,19-22,36-38H2,1-3H3;3H,1H2,2H3;1-2H3/b28-18-;;. The summed E-state index contributed by atoms with van der Waals surface area (Å²) >= 11 is 0. The van der Waals surface area contributed by atoms with Gasteiger partial charge in [0.2, 0.25) is 5.91 Å². The van der Waals surface area contributed by atoms with E-state index in [0.717, 1.165) is 64.7 Å². The fourth-order valence-corrected chi connectivity index (χ4v) is 8.58. The zero-order valence-corrected chi connectivity index (χ0v) is 32.1. The van der Waals surface area contributed by atoms with Gasteiger partial charge < -0.3 is 46.6 Å². The number of nitrogens with zero attached hydrogens (tertiary/aromatic N) is 4. The van der Waals surface area contributed by atoms with Crippen LogP contribution in [0.5, 0.6) is 5.75 Å². The Morgan fingerprint density at radius 3 is 1.96 bits per heavy atom. The number of ether oxygens (including phenoxy) is 1. The largest absolute Gasteiger partial charge is 0.507 e. The van der Waals surface area contributed by atoms with E-state index in [4.69, 9.17) is 21.9 Å². The van der Waals surface area contributed by atoms with E-state index in [-0.39, 0.29) is 35.7 Å². The Balaban J connectivity index is 0.00000111. The number of piperazine rings is 1. The lowest BCUT2D eigenvalue weighted by molar-refractivity contribution is -0.143. The Morgan fingerprint density at radius 1 is 0.902 bits per heavy atom. The predicted octanol–water partition coefficient (Wildman–Crippen LogP) is 5.56. The van der Waals surface area contributed by atoms with Gasteiger partial charge in [-0.1, -0.05) is 32.1 Å². The molecule has 1 spiro atoms. The van der Waals surface area contributed by atoms with Gasteiger partial charge in [0.1, 0.15) is 17.2 Å². The number of aromatic hydroxyl groups is 1. The molecular weight excluding hydrogens is 642 g/mol. The van der Waals surface area contributed by atoms with Gasteiger partial charge in [0.05, 0.1) is 5.70 Å². The molecule has 1 aromatic carbocycles. The van der Waals surface area contributed by atoms with E-state index in [2.05, 4.69) is 21.3 Å². The van der Waals surface area contributed by atoms with Crippen molar-refractivity contribution in [1.82, 2.24) is 19.6 Å². The summed E-state index contributed by atoms with van der Waals surface area (Å²) < 4.78 is 5.58. The molecule has 4 saturated heterocycles. The normalized spacial score (nSPS) is 23.6. The molecule has 2 bridgehead atoms. The topological polar surface area (TPSA) is 155 Å². The molecule has 1 aromatic rings. The number of phenolic OH excluding ortho intramolecular Hbond substituents is 1. The quantitative estimate of drug-likeness (QED) is 0.227. The number of benzene rings is 1. The van der Waals surface area contributed by atoms with Crippen LogP contribution in [0, 0.1) is 11.3 Å². The molecule has 4 heterocycles. The number of hydrogen-bond acceptors (Lipinski definition) is 9. The lowest BCUT2D eigenvalue weighted by atomic mass is 9.59. The third-order valence-electron chi connectivity index (χ3n) is 11.1. The first kappa shape index (κ1) is 39.9. The van der Waals surface area contributed by atoms with Crippen LogP contribution in [0.15, 0.2) is 54.5 Å². The van der Waals surface area contributed by atoms with Crippen LogP contribution >= 0.6 is 0 Å². The zero-order chi connectivity index (χ0) is 37.5. The molecule has 1 saturated carbocycles. The predicted molar refractivity (Wildman–Crippen MR) is 205 cm³/mol. The maximum absolute atomic E-state index is 13.9. The molecule has 11 heteroatoms. The number of hydrogen-bond donors (Lipinski definition) is 4. The first-order valence-electron chi connectivity index (χ1n) is 19.1. The molecule has 7 N–H and O–H groups in total. The molecule has 5 aliphatic rings. The molecular formula is C40H65N7O4. The zero-order valence-electron chi connectivity index (χ0n) is 32.1. The average Bonchev–Trinajstić information content (AvgIpc) is 3.35. The van der Waals surface area contributed by atoms with Gasteiger partial charge in [-0.25, -0.2) is 4.79 Å². The number of fused-ring (bicyclic) bond motifs is 2. The van der Waals surface area contributed by atoms with E-state index < -0.39 is 5.60 Å². The minimum absolute atomic E-state index is 0.0724. The molecule has 2 atom stereocenters. The van der Waals surface area contributed by atoms with Gasteiger partial charge in [0.25, 0.3) is 0 Å². The van der Waals surface area contributed by atoms with Crippen LogP contribution in [0.2, 0.25) is 0 Å². The van der Waals surface area contributed by atoms with Crippen LogP contribution in [0.3, 0.4) is 0 Å². The van der Waals surface area contributed by atoms with Crippen molar-refractivity contribution >= 4 is 17.7 Å². The second-order valence-corrected chi connectivity index (χ2v) is 15.7. The van der Waals surface area contributed by atoms with Crippen molar-refractivity contribution in [2.45, 2.75) is 117 Å². The van der Waals surface area contributed by atoms with Crippen LogP contribution in [-0.4, -0.2) is 99.7 Å². The Labute approximate surface area is 306 Å². The number of para-hydroxylation sites is 1. The van der Waals surface area contributed by atoms with E-state index >= 15 is 0 Å². The highest BCUT2D eigenvalue weighted by atomic mass is 16.6. The molecule has 51 heavy (non-hydrogen) atoms. The summed E-state index contributed by atoms with van der Waals surface area (Å²) in [6, 6.07) is 7.77. The monoisotopic (exact) mass is 708 g/mol. The first-order chi connectivity index (χ1) is 24.2. The van der Waals surface area contributed by atoms with E-state index in [1.54, 1.807) is 30.4 Å². The van der Waals surface area contributed by atoms with Gasteiger partial charge >= 0.3 is 6.09 Å². The maximum Gasteiger partial charge on any atom is 0.410 e. The second-order valence-electron chi connectivity index (χ2n) is 15.7. The van der Waals surface area contributed by atoms with Gasteiger partial charge in [0.15, 0.2) is 0 Å². The van der Waals surface area contributed by atoms with E-state index in [9.17, 15) is 14.7 Å². The Hall–Kier alpha value is -3.86. The lowest BCUT2D eigenvalue weighted by Crippen LogP contribution is -2.59. The van der Waals surface area contributed by atoms with Crippen LogP contribution < -0.4 is 17.2 Å². The average molecular weight is 708 g/mol. The fourth-order valence-electron chi connectivity index (χ4n) is 8.58. The molecule has 0 aromatic heterocycles. The summed E-state index contributed by atoms with van der Waals surface area (Å²) in [6.07, 6.45) is 11.6. The van der Waals surface area contributed by atoms with Crippen molar-refractivity contribution in [2.24, 2.45) is 28.5 Å². The highest BCUT2D eigenvalue weighted by Gasteiger charge is 2.50. The number of carbonyl (C=O) groups excluding carboxylic acids is 2. The summed E-state index contributed by atoms with van der Waals surface area (Å²) in [7, 11) is 0. The fraction of sp³-hybridized carbons (Fsp3) is 0.650. The van der Waals surface area contributed by atoms with Gasteiger partial charge in [0, 0.05) is 61.5 Å². The molecule has 284 valence electrons. The van der Waals surface area contributed by atoms with E-state index in [1.165, 1.54) is 12.8 Å². The molecule has 6 rings (SSSR count). The van der Waals surface area contributed by atoms with E-state index in [1.807, 2.05) is 52.5 Å². The smallest absolute Gasteiger partial charge is 0.410 e. The SMILES string of the molecule is C=CC.CC.CC(C)(C)OC(=O)N1CCC2(CC1)CC(N1CCC(C(=O)N3C4CCC3CN(C(/C=C(\N)c3ccccc3O)=C(N)N)C4)CC1)C2. The number of nitrogens with two attached hydrogens (primary N) is 3. The van der Waals surface area contributed by atoms with Crippen LogP contribution in [0.4, 0.5) is 4.79 Å². The third-order valence-corrected chi connectivity index (χ3v) is 11.1. The molecule has 4 aliphatic heterocycles. The van der Waals surface area contributed by atoms with Crippen LogP contribution in [0.25, 0.3) is 5.70 Å². The van der Waals surface area contributed by atoms with Gasteiger partial charge in [-0.2, -0.15) is 0 Å². The highest BCUT2D eigenvalue weighted by Crippen LogP contribution is 2.51. The molecule has 2 amide bonds. The van der Waals surface area contributed by atoms with Crippen molar-refractivity contribution in [1.29, 1.82) is 0 Å². The summed E-state index contributed by atoms with van der Waals surface area (Å²) in [6.45, 7) is 19.8. The lowest BCUT2D eigenvalue weighted by Gasteiger charge is -2.56. The Morgan fingerprint density at radius 2 is 1.45 bits per heavy atom. The molecule has 0 radical (unpaired) electrons. The van der Waals surface area contributed by atoms with Gasteiger partial charge in [-0.05, 0) is 116 Å². The maximum atomic E-state index is 13.9. The number of likely N-dealkylation sites (tertiary alicyclic amines) is 3. The number of allylic oxidation sites excluding steroid dienone is 2. The number of phenols is 1. The van der Waals surface area contributed by atoms with Crippen molar-refractivity contribution in [3.8, 4) is 5.75 Å². The number of piperidine rings is 2. The second kappa shape index (κ2) is 17.1. The van der Waals surface area contributed by atoms with Crippen molar-refractivity contribution in [2.75, 3.05) is 39.3 Å². The number of rotatable bonds is 5. The number of carbonyl (C=O) groups is 2.